The first-order valence-electron chi connectivity index (χ1n) is 4.53. The largest absolute Gasteiger partial charge is 0.454 e. The Morgan fingerprint density at radius 3 is 2.40 bits per heavy atom. The van der Waals surface area contributed by atoms with Gasteiger partial charge in [-0.3, -0.25) is 9.59 Å². The molecule has 0 fully saturated rings. The molecule has 0 amide bonds. The molecule has 0 unspecified atom stereocenters. The van der Waals surface area contributed by atoms with E-state index in [4.69, 9.17) is 0 Å². The molecule has 0 radical (unpaired) electrons. The van der Waals surface area contributed by atoms with Gasteiger partial charge in [0.25, 0.3) is 5.78 Å². The number of alkyl halides is 3. The van der Waals surface area contributed by atoms with Crippen LogP contribution in [-0.2, 0) is 9.59 Å². The lowest BCUT2D eigenvalue weighted by Crippen LogP contribution is -2.36. The van der Waals surface area contributed by atoms with Crippen molar-refractivity contribution in [2.24, 2.45) is 5.41 Å². The summed E-state index contributed by atoms with van der Waals surface area (Å²) in [6, 6.07) is 0. The lowest BCUT2D eigenvalue weighted by molar-refractivity contribution is -0.167. The Bertz CT molecular complexity index is 337. The summed E-state index contributed by atoms with van der Waals surface area (Å²) >= 11 is 0. The van der Waals surface area contributed by atoms with Gasteiger partial charge in [-0.15, -0.1) is 0 Å². The Morgan fingerprint density at radius 2 is 1.93 bits per heavy atom. The third-order valence-corrected chi connectivity index (χ3v) is 2.48. The molecule has 2 nitrogen and oxygen atoms in total. The highest BCUT2D eigenvalue weighted by Crippen LogP contribution is 2.34. The highest BCUT2D eigenvalue weighted by atomic mass is 19.4. The van der Waals surface area contributed by atoms with E-state index in [9.17, 15) is 22.8 Å². The molecule has 0 aliphatic heterocycles. The summed E-state index contributed by atoms with van der Waals surface area (Å²) in [4.78, 5) is 22.4. The monoisotopic (exact) mass is 220 g/mol. The van der Waals surface area contributed by atoms with Gasteiger partial charge in [0.2, 0.25) is 0 Å². The predicted molar refractivity (Wildman–Crippen MR) is 47.2 cm³/mol. The van der Waals surface area contributed by atoms with Crippen LogP contribution in [0.1, 0.15) is 26.7 Å². The fourth-order valence-corrected chi connectivity index (χ4v) is 1.50. The maximum atomic E-state index is 12.1. The Morgan fingerprint density at radius 1 is 1.40 bits per heavy atom. The molecular weight excluding hydrogens is 209 g/mol. The average Bonchev–Trinajstić information content (AvgIpc) is 2.07. The first kappa shape index (κ1) is 11.9. The number of allylic oxidation sites excluding steroid dienone is 2. The molecular formula is C10H11F3O2. The second-order valence-corrected chi connectivity index (χ2v) is 4.20. The normalized spacial score (nSPS) is 21.1. The third kappa shape index (κ3) is 2.27. The van der Waals surface area contributed by atoms with Crippen molar-refractivity contribution in [2.75, 3.05) is 0 Å². The van der Waals surface area contributed by atoms with Crippen LogP contribution >= 0.6 is 0 Å². The van der Waals surface area contributed by atoms with E-state index in [1.54, 1.807) is 13.8 Å². The predicted octanol–water partition coefficient (Wildman–Crippen LogP) is 2.43. The number of hydrogen-bond donors (Lipinski definition) is 0. The summed E-state index contributed by atoms with van der Waals surface area (Å²) in [5, 5.41) is 0. The van der Waals surface area contributed by atoms with Gasteiger partial charge in [0, 0.05) is 5.41 Å². The first-order chi connectivity index (χ1) is 6.66. The number of carbonyl (C=O) groups excluding carboxylic acids is 2. The van der Waals surface area contributed by atoms with Crippen molar-refractivity contribution in [2.45, 2.75) is 32.9 Å². The third-order valence-electron chi connectivity index (χ3n) is 2.48. The topological polar surface area (TPSA) is 34.1 Å². The molecule has 1 aliphatic carbocycles. The average molecular weight is 220 g/mol. The van der Waals surface area contributed by atoms with Crippen LogP contribution in [0.5, 0.6) is 0 Å². The number of Topliss-reactive ketones (excluding diaryl/α,β-unsaturated/α-hetero) is 2. The van der Waals surface area contributed by atoms with Gasteiger partial charge in [0.05, 0.1) is 5.57 Å². The minimum absolute atomic E-state index is 0.329. The molecule has 0 saturated carbocycles. The minimum atomic E-state index is -4.96. The Balaban J connectivity index is 3.03. The van der Waals surface area contributed by atoms with Gasteiger partial charge >= 0.3 is 6.18 Å². The summed E-state index contributed by atoms with van der Waals surface area (Å²) in [7, 11) is 0. The van der Waals surface area contributed by atoms with Gasteiger partial charge in [-0.2, -0.15) is 13.2 Å². The van der Waals surface area contributed by atoms with Crippen molar-refractivity contribution in [3.8, 4) is 0 Å². The highest BCUT2D eigenvalue weighted by molar-refractivity contribution is 6.23. The molecule has 0 aromatic rings. The van der Waals surface area contributed by atoms with E-state index < -0.39 is 28.7 Å². The first-order valence-corrected chi connectivity index (χ1v) is 4.53. The van der Waals surface area contributed by atoms with E-state index >= 15 is 0 Å². The van der Waals surface area contributed by atoms with Gasteiger partial charge in [-0.05, 0) is 12.8 Å². The van der Waals surface area contributed by atoms with Crippen LogP contribution in [0.15, 0.2) is 11.6 Å². The Kier molecular flexibility index (Phi) is 2.76. The van der Waals surface area contributed by atoms with Crippen LogP contribution in [0, 0.1) is 5.41 Å². The number of ketones is 2. The lowest BCUT2D eigenvalue weighted by atomic mass is 9.75. The molecule has 0 N–H and O–H groups in total. The summed E-state index contributed by atoms with van der Waals surface area (Å²) in [5.74, 6) is -2.74. The Hall–Kier alpha value is -1.13. The van der Waals surface area contributed by atoms with E-state index in [0.717, 1.165) is 6.08 Å². The van der Waals surface area contributed by atoms with Crippen molar-refractivity contribution in [3.63, 3.8) is 0 Å². The molecule has 1 aliphatic rings. The molecule has 1 rings (SSSR count). The second-order valence-electron chi connectivity index (χ2n) is 4.20. The van der Waals surface area contributed by atoms with Gasteiger partial charge in [-0.1, -0.05) is 19.9 Å². The standard InChI is InChI=1S/C10H11F3O2/c1-9(2)5-3-4-6(7(9)14)8(15)10(11,12)13/h4H,3,5H2,1-2H3. The van der Waals surface area contributed by atoms with E-state index in [1.165, 1.54) is 0 Å². The minimum Gasteiger partial charge on any atom is -0.293 e. The summed E-state index contributed by atoms with van der Waals surface area (Å²) < 4.78 is 36.3. The van der Waals surface area contributed by atoms with Crippen molar-refractivity contribution in [1.29, 1.82) is 0 Å². The number of rotatable bonds is 1. The zero-order valence-corrected chi connectivity index (χ0v) is 8.44. The summed E-state index contributed by atoms with van der Waals surface area (Å²) in [6.07, 6.45) is -3.07. The molecule has 15 heavy (non-hydrogen) atoms. The van der Waals surface area contributed by atoms with Crippen LogP contribution in [0.25, 0.3) is 0 Å². The molecule has 84 valence electrons. The highest BCUT2D eigenvalue weighted by Gasteiger charge is 2.46. The SMILES string of the molecule is CC1(C)CCC=C(C(=O)C(F)(F)F)C1=O. The maximum Gasteiger partial charge on any atom is 0.454 e. The zero-order chi connectivity index (χ0) is 11.9. The molecule has 0 atom stereocenters. The summed E-state index contributed by atoms with van der Waals surface area (Å²) in [5.41, 5.74) is -1.58. The molecule has 0 spiro atoms. The molecule has 0 saturated heterocycles. The van der Waals surface area contributed by atoms with Crippen LogP contribution < -0.4 is 0 Å². The maximum absolute atomic E-state index is 12.1. The van der Waals surface area contributed by atoms with E-state index in [0.29, 0.717) is 12.8 Å². The fourth-order valence-electron chi connectivity index (χ4n) is 1.50. The smallest absolute Gasteiger partial charge is 0.293 e. The van der Waals surface area contributed by atoms with E-state index in [1.807, 2.05) is 0 Å². The number of halogens is 3. The second kappa shape index (κ2) is 3.47. The van der Waals surface area contributed by atoms with Crippen LogP contribution in [0.4, 0.5) is 13.2 Å². The molecule has 0 aromatic carbocycles. The van der Waals surface area contributed by atoms with Crippen LogP contribution in [0.3, 0.4) is 0 Å². The molecule has 0 bridgehead atoms. The number of hydrogen-bond acceptors (Lipinski definition) is 2. The Labute approximate surface area is 85.1 Å². The zero-order valence-electron chi connectivity index (χ0n) is 8.44. The van der Waals surface area contributed by atoms with Crippen molar-refractivity contribution in [3.05, 3.63) is 11.6 Å². The molecule has 0 aromatic heterocycles. The van der Waals surface area contributed by atoms with Crippen LogP contribution in [-0.4, -0.2) is 17.7 Å². The van der Waals surface area contributed by atoms with E-state index in [-0.39, 0.29) is 0 Å². The fraction of sp³-hybridized carbons (Fsp3) is 0.600. The van der Waals surface area contributed by atoms with Gasteiger partial charge in [0.1, 0.15) is 0 Å². The van der Waals surface area contributed by atoms with Gasteiger partial charge in [0.15, 0.2) is 5.78 Å². The van der Waals surface area contributed by atoms with Crippen LogP contribution in [0.2, 0.25) is 0 Å². The molecule has 0 heterocycles. The van der Waals surface area contributed by atoms with Crippen molar-refractivity contribution in [1.82, 2.24) is 0 Å². The summed E-state index contributed by atoms with van der Waals surface area (Å²) in [6.45, 7) is 3.10. The number of carbonyl (C=O) groups is 2. The molecule has 5 heteroatoms. The van der Waals surface area contributed by atoms with Gasteiger partial charge < -0.3 is 0 Å². The van der Waals surface area contributed by atoms with Crippen molar-refractivity contribution >= 4 is 11.6 Å². The quantitative estimate of drug-likeness (QED) is 0.636. The van der Waals surface area contributed by atoms with Gasteiger partial charge in [-0.25, -0.2) is 0 Å². The van der Waals surface area contributed by atoms with Crippen molar-refractivity contribution < 1.29 is 22.8 Å². The van der Waals surface area contributed by atoms with E-state index in [2.05, 4.69) is 0 Å². The lowest BCUT2D eigenvalue weighted by Gasteiger charge is -2.27.